The predicted molar refractivity (Wildman–Crippen MR) is 275 cm³/mol. The topological polar surface area (TPSA) is 332 Å². The fourth-order valence-electron chi connectivity index (χ4n) is 7.49. The maximum Gasteiger partial charge on any atom is 0.326 e. The average molecular weight is 1050 g/mol. The van der Waals surface area contributed by atoms with Crippen LogP contribution in [0, 0.1) is 7.05 Å². The van der Waals surface area contributed by atoms with Gasteiger partial charge in [0.15, 0.2) is 5.78 Å². The first-order valence-electron chi connectivity index (χ1n) is 26.4. The van der Waals surface area contributed by atoms with Gasteiger partial charge in [0.05, 0.1) is 58.3 Å². The number of carboxylic acids is 2. The third kappa shape index (κ3) is 39.2. The molecule has 1 aromatic carbocycles. The van der Waals surface area contributed by atoms with Crippen LogP contribution in [0.5, 0.6) is 5.75 Å². The molecule has 0 aliphatic carbocycles. The van der Waals surface area contributed by atoms with E-state index in [1.807, 2.05) is 0 Å². The van der Waals surface area contributed by atoms with E-state index in [9.17, 15) is 48.6 Å². The van der Waals surface area contributed by atoms with Gasteiger partial charge in [-0.25, -0.2) is 4.79 Å². The molecule has 0 aromatic heterocycles. The molecule has 2 radical (unpaired) electrons. The normalized spacial score (nSPS) is 12.3. The summed E-state index contributed by atoms with van der Waals surface area (Å²) in [5.41, 5.74) is 6.26. The molecule has 420 valence electrons. The summed E-state index contributed by atoms with van der Waals surface area (Å²) in [5, 5.41) is 43.6. The number of rotatable bonds is 51. The van der Waals surface area contributed by atoms with Crippen molar-refractivity contribution in [2.75, 3.05) is 79.0 Å². The number of ether oxygens (including phenoxy) is 4. The second-order valence-corrected chi connectivity index (χ2v) is 18.1. The summed E-state index contributed by atoms with van der Waals surface area (Å²) >= 11 is 0. The van der Waals surface area contributed by atoms with E-state index in [1.54, 1.807) is 12.1 Å². The molecule has 5 amide bonds. The predicted octanol–water partition coefficient (Wildman–Crippen LogP) is 2.84. The Labute approximate surface area is 437 Å². The second-order valence-electron chi connectivity index (χ2n) is 18.1. The molecule has 0 fully saturated rings. The number of Topliss-reactive ketones (excluding diaryl/α,β-unsaturated/α-hetero) is 1. The van der Waals surface area contributed by atoms with E-state index in [2.05, 4.69) is 31.9 Å². The van der Waals surface area contributed by atoms with Gasteiger partial charge in [-0.2, -0.15) is 0 Å². The Morgan fingerprint density at radius 2 is 1.00 bits per heavy atom. The van der Waals surface area contributed by atoms with Crippen molar-refractivity contribution in [1.29, 1.82) is 0 Å². The number of phenolic OH excluding ortho intramolecular Hbond substituents is 1. The third-order valence-electron chi connectivity index (χ3n) is 11.8. The summed E-state index contributed by atoms with van der Waals surface area (Å²) in [4.78, 5) is 95.5. The molecule has 0 saturated heterocycles. The molecule has 3 atom stereocenters. The summed E-state index contributed by atoms with van der Waals surface area (Å²) < 4.78 is 21.4. The number of ketones is 1. The minimum Gasteiger partial charge on any atom is -0.508 e. The minimum atomic E-state index is -1.19. The molecule has 1 rings (SSSR count). The Hall–Kier alpha value is -5.26. The van der Waals surface area contributed by atoms with Crippen molar-refractivity contribution < 1.29 is 72.6 Å². The van der Waals surface area contributed by atoms with Crippen molar-refractivity contribution in [3.05, 3.63) is 36.9 Å². The number of primary amides is 1. The van der Waals surface area contributed by atoms with E-state index in [4.69, 9.17) is 36.8 Å². The van der Waals surface area contributed by atoms with Gasteiger partial charge in [0.25, 0.3) is 0 Å². The number of hydrogen-bond donors (Lipinski definition) is 10. The van der Waals surface area contributed by atoms with Crippen LogP contribution in [0.3, 0.4) is 0 Å². The van der Waals surface area contributed by atoms with Gasteiger partial charge in [-0.3, -0.25) is 38.9 Å². The Morgan fingerprint density at radius 3 is 1.50 bits per heavy atom. The largest absolute Gasteiger partial charge is 0.508 e. The Balaban J connectivity index is 1.95. The van der Waals surface area contributed by atoms with Gasteiger partial charge in [-0.1, -0.05) is 89.2 Å². The molecule has 22 heteroatoms. The summed E-state index contributed by atoms with van der Waals surface area (Å²) in [5.74, 6) is -4.04. The zero-order valence-electron chi connectivity index (χ0n) is 43.5. The number of carboxylic acid groups (broad SMARTS) is 2. The van der Waals surface area contributed by atoms with Crippen LogP contribution in [0.1, 0.15) is 140 Å². The molecule has 0 spiro atoms. The number of amides is 5. The zero-order chi connectivity index (χ0) is 54.4. The highest BCUT2D eigenvalue weighted by atomic mass is 16.5. The molecule has 0 saturated carbocycles. The number of aromatic hydroxyl groups is 1. The maximum atomic E-state index is 12.7. The van der Waals surface area contributed by atoms with Crippen molar-refractivity contribution in [2.24, 2.45) is 5.73 Å². The van der Waals surface area contributed by atoms with E-state index >= 15 is 0 Å². The number of carbonyl (C=O) groups excluding carboxylic acids is 6. The number of nitrogens with one attached hydrogen (secondary N) is 6. The first kappa shape index (κ1) is 66.8. The van der Waals surface area contributed by atoms with Gasteiger partial charge in [0.2, 0.25) is 29.5 Å². The van der Waals surface area contributed by atoms with Gasteiger partial charge in [0, 0.05) is 45.9 Å². The van der Waals surface area contributed by atoms with Gasteiger partial charge < -0.3 is 66.6 Å². The van der Waals surface area contributed by atoms with Crippen molar-refractivity contribution in [2.45, 2.75) is 159 Å². The van der Waals surface area contributed by atoms with E-state index in [1.165, 1.54) is 50.7 Å². The molecular formula is C52H87N7O15. The monoisotopic (exact) mass is 1050 g/mol. The highest BCUT2D eigenvalue weighted by Crippen LogP contribution is 2.15. The molecule has 0 aliphatic heterocycles. The van der Waals surface area contributed by atoms with Crippen LogP contribution in [-0.2, 0) is 63.7 Å². The SMILES string of the molecule is [CH]N[C@@H](CCCCNC(=O)COCCOCCNC(=O)COCCOCCNC(=O)CC[C@@H](NC(=O)CCCCCCCCCCCCCCCCC(=O)O)C(=O)O)C(=O)CN[C@@H](Cc1ccc(O)cc1)C(N)=O. The van der Waals surface area contributed by atoms with Gasteiger partial charge in [0.1, 0.15) is 25.0 Å². The van der Waals surface area contributed by atoms with Gasteiger partial charge in [-0.15, -0.1) is 0 Å². The quantitative estimate of drug-likeness (QED) is 0.0331. The molecule has 1 aromatic rings. The summed E-state index contributed by atoms with van der Waals surface area (Å²) in [6.45, 7) is 1.41. The first-order valence-corrected chi connectivity index (χ1v) is 26.4. The van der Waals surface area contributed by atoms with Crippen LogP contribution < -0.4 is 37.6 Å². The summed E-state index contributed by atoms with van der Waals surface area (Å²) in [6.07, 6.45) is 17.1. The number of unbranched alkanes of at least 4 members (excludes halogenated alkanes) is 14. The number of nitrogens with two attached hydrogens (primary N) is 1. The lowest BCUT2D eigenvalue weighted by molar-refractivity contribution is -0.142. The Morgan fingerprint density at radius 1 is 0.514 bits per heavy atom. The van der Waals surface area contributed by atoms with Gasteiger partial charge in [-0.05, 0) is 62.6 Å². The Kier molecular flexibility index (Phi) is 40.7. The van der Waals surface area contributed by atoms with Crippen LogP contribution in [0.25, 0.3) is 0 Å². The highest BCUT2D eigenvalue weighted by molar-refractivity contribution is 5.87. The lowest BCUT2D eigenvalue weighted by Crippen LogP contribution is -2.48. The fraction of sp³-hybridized carbons (Fsp3) is 0.712. The molecule has 0 bridgehead atoms. The maximum absolute atomic E-state index is 12.7. The molecule has 22 nitrogen and oxygen atoms in total. The zero-order valence-corrected chi connectivity index (χ0v) is 43.5. The highest BCUT2D eigenvalue weighted by Gasteiger charge is 2.22. The van der Waals surface area contributed by atoms with Crippen LogP contribution in [-0.4, -0.2) is 160 Å². The molecular weight excluding hydrogens is 963 g/mol. The smallest absolute Gasteiger partial charge is 0.326 e. The lowest BCUT2D eigenvalue weighted by atomic mass is 10.0. The van der Waals surface area contributed by atoms with Crippen LogP contribution in [0.2, 0.25) is 0 Å². The number of phenols is 1. The van der Waals surface area contributed by atoms with E-state index in [-0.39, 0.29) is 140 Å². The number of benzene rings is 1. The summed E-state index contributed by atoms with van der Waals surface area (Å²) in [6, 6.07) is 3.72. The average Bonchev–Trinajstić information content (AvgIpc) is 3.36. The van der Waals surface area contributed by atoms with E-state index < -0.39 is 36.0 Å². The number of hydrogen-bond acceptors (Lipinski definition) is 15. The van der Waals surface area contributed by atoms with Crippen molar-refractivity contribution in [1.82, 2.24) is 31.9 Å². The second kappa shape index (κ2) is 45.2. The fourth-order valence-corrected chi connectivity index (χ4v) is 7.49. The Bertz CT molecular complexity index is 1720. The standard InChI is InChI=1S/C52H87N7O15/c1-54-42(45(61)37-58-44(51(53)68)36-40-21-23-41(60)24-22-40)18-16-17-27-55-48(64)38-73-34-33-72-31-29-57-49(65)39-74-35-32-71-30-28-56-46(62)26-25-43(52(69)70)59-47(63)19-14-12-10-8-6-4-2-3-5-7-9-11-13-15-20-50(66)67/h1,21-24,42-44,54,58,60H,2-20,25-39H2,(H2,53,68)(H,55,64)(H,56,62)(H,57,65)(H,59,63)(H,66,67)(H,69,70)/t42-,43+,44-/m0/s1. The third-order valence-corrected chi connectivity index (χ3v) is 11.8. The minimum absolute atomic E-state index is 0.0413. The van der Waals surface area contributed by atoms with Crippen molar-refractivity contribution in [3.63, 3.8) is 0 Å². The van der Waals surface area contributed by atoms with E-state index in [0.717, 1.165) is 50.5 Å². The first-order chi connectivity index (χ1) is 35.7. The van der Waals surface area contributed by atoms with Crippen LogP contribution in [0.4, 0.5) is 0 Å². The molecule has 11 N–H and O–H groups in total. The summed E-state index contributed by atoms with van der Waals surface area (Å²) in [7, 11) is 5.59. The van der Waals surface area contributed by atoms with Crippen molar-refractivity contribution in [3.8, 4) is 5.75 Å². The molecule has 0 unspecified atom stereocenters. The molecule has 0 heterocycles. The lowest BCUT2D eigenvalue weighted by Gasteiger charge is -2.19. The molecule has 74 heavy (non-hydrogen) atoms. The number of carbonyl (C=O) groups is 8. The number of aliphatic carboxylic acids is 2. The van der Waals surface area contributed by atoms with Crippen LogP contribution in [0.15, 0.2) is 24.3 Å². The molecule has 0 aliphatic rings. The van der Waals surface area contributed by atoms with Crippen molar-refractivity contribution >= 4 is 47.3 Å². The van der Waals surface area contributed by atoms with Crippen LogP contribution >= 0.6 is 0 Å². The van der Waals surface area contributed by atoms with E-state index in [0.29, 0.717) is 32.2 Å². The van der Waals surface area contributed by atoms with Gasteiger partial charge >= 0.3 is 11.9 Å².